The first-order valence-corrected chi connectivity index (χ1v) is 9.60. The van der Waals surface area contributed by atoms with E-state index in [1.807, 2.05) is 30.3 Å². The number of rotatable bonds is 4. The largest absolute Gasteiger partial charge is 0.497 e. The van der Waals surface area contributed by atoms with E-state index in [4.69, 9.17) is 9.72 Å². The summed E-state index contributed by atoms with van der Waals surface area (Å²) in [5.74, 6) is 0.827. The monoisotopic (exact) mass is 376 g/mol. The number of methoxy groups -OCH3 is 1. The Hall–Kier alpha value is -3.85. The molecule has 0 saturated heterocycles. The number of ether oxygens (including phenoxy) is 1. The number of nitrogens with zero attached hydrogens (tertiary/aromatic N) is 2. The van der Waals surface area contributed by atoms with Gasteiger partial charge in [-0.05, 0) is 34.9 Å². The molecule has 0 radical (unpaired) electrons. The van der Waals surface area contributed by atoms with E-state index >= 15 is 0 Å². The van der Waals surface area contributed by atoms with Crippen molar-refractivity contribution in [2.75, 3.05) is 7.11 Å². The van der Waals surface area contributed by atoms with Crippen LogP contribution in [0.25, 0.3) is 39.2 Å². The fourth-order valence-electron chi connectivity index (χ4n) is 3.64. The molecule has 29 heavy (non-hydrogen) atoms. The molecular weight excluding hydrogens is 356 g/mol. The molecule has 140 valence electrons. The van der Waals surface area contributed by atoms with Crippen molar-refractivity contribution in [2.24, 2.45) is 0 Å². The van der Waals surface area contributed by atoms with Crippen LogP contribution in [0.15, 0.2) is 103 Å². The Balaban J connectivity index is 1.74. The standard InChI is InChI=1S/C26H20N2O/c1-29-23-14-8-13-21(15-23)25-18-28-17-22(19-9-4-2-5-10-19)16-24(26(28)27-25)20-11-6-3-7-12-20/h2-18H,1H3. The summed E-state index contributed by atoms with van der Waals surface area (Å²) >= 11 is 0. The molecule has 2 aromatic heterocycles. The number of benzene rings is 3. The molecule has 0 atom stereocenters. The van der Waals surface area contributed by atoms with Crippen molar-refractivity contribution in [3.8, 4) is 39.3 Å². The van der Waals surface area contributed by atoms with Crippen molar-refractivity contribution >= 4 is 5.65 Å². The predicted molar refractivity (Wildman–Crippen MR) is 118 cm³/mol. The van der Waals surface area contributed by atoms with E-state index in [-0.39, 0.29) is 0 Å². The molecular formula is C26H20N2O. The average Bonchev–Trinajstić information content (AvgIpc) is 3.24. The summed E-state index contributed by atoms with van der Waals surface area (Å²) in [6, 6.07) is 31.1. The number of imidazole rings is 1. The van der Waals surface area contributed by atoms with Crippen LogP contribution in [0.1, 0.15) is 0 Å². The van der Waals surface area contributed by atoms with Gasteiger partial charge in [0.1, 0.15) is 11.4 Å². The van der Waals surface area contributed by atoms with Crippen molar-refractivity contribution in [1.82, 2.24) is 9.38 Å². The Morgan fingerprint density at radius 2 is 1.34 bits per heavy atom. The maximum absolute atomic E-state index is 5.39. The van der Waals surface area contributed by atoms with Crippen molar-refractivity contribution < 1.29 is 4.74 Å². The van der Waals surface area contributed by atoms with Crippen LogP contribution < -0.4 is 4.74 Å². The highest BCUT2D eigenvalue weighted by Crippen LogP contribution is 2.32. The third-order valence-corrected chi connectivity index (χ3v) is 5.11. The van der Waals surface area contributed by atoms with Crippen LogP contribution in [0.4, 0.5) is 0 Å². The first-order valence-electron chi connectivity index (χ1n) is 9.60. The minimum atomic E-state index is 0.827. The topological polar surface area (TPSA) is 26.5 Å². The van der Waals surface area contributed by atoms with Gasteiger partial charge in [-0.2, -0.15) is 0 Å². The van der Waals surface area contributed by atoms with Crippen molar-refractivity contribution in [3.63, 3.8) is 0 Å². The first kappa shape index (κ1) is 17.3. The molecule has 5 rings (SSSR count). The molecule has 0 N–H and O–H groups in total. The minimum absolute atomic E-state index is 0.827. The van der Waals surface area contributed by atoms with E-state index in [1.165, 1.54) is 5.56 Å². The van der Waals surface area contributed by atoms with Gasteiger partial charge < -0.3 is 9.14 Å². The Bertz CT molecular complexity index is 1270. The summed E-state index contributed by atoms with van der Waals surface area (Å²) < 4.78 is 7.51. The minimum Gasteiger partial charge on any atom is -0.497 e. The Kier molecular flexibility index (Phi) is 4.34. The molecule has 5 aromatic rings. The van der Waals surface area contributed by atoms with E-state index in [0.717, 1.165) is 39.3 Å². The molecule has 0 aliphatic heterocycles. The molecule has 0 amide bonds. The number of pyridine rings is 1. The molecule has 0 fully saturated rings. The third-order valence-electron chi connectivity index (χ3n) is 5.11. The first-order chi connectivity index (χ1) is 14.3. The van der Waals surface area contributed by atoms with Crippen LogP contribution in [0.5, 0.6) is 5.75 Å². The summed E-state index contributed by atoms with van der Waals surface area (Å²) in [6.07, 6.45) is 4.23. The second kappa shape index (κ2) is 7.28. The zero-order chi connectivity index (χ0) is 19.6. The van der Waals surface area contributed by atoms with E-state index in [9.17, 15) is 0 Å². The Morgan fingerprint density at radius 3 is 2.07 bits per heavy atom. The molecule has 0 unspecified atom stereocenters. The van der Waals surface area contributed by atoms with Gasteiger partial charge in [0.2, 0.25) is 0 Å². The zero-order valence-corrected chi connectivity index (χ0v) is 16.1. The lowest BCUT2D eigenvalue weighted by Gasteiger charge is -2.09. The van der Waals surface area contributed by atoms with Crippen LogP contribution in [-0.2, 0) is 0 Å². The van der Waals surface area contributed by atoms with Gasteiger partial charge in [-0.3, -0.25) is 0 Å². The fraction of sp³-hybridized carbons (Fsp3) is 0.0385. The summed E-state index contributed by atoms with van der Waals surface area (Å²) in [5, 5.41) is 0. The number of hydrogen-bond donors (Lipinski definition) is 0. The highest BCUT2D eigenvalue weighted by Gasteiger charge is 2.13. The summed E-state index contributed by atoms with van der Waals surface area (Å²) in [4.78, 5) is 4.98. The quantitative estimate of drug-likeness (QED) is 0.366. The SMILES string of the molecule is COc1cccc(-c2cn3cc(-c4ccccc4)cc(-c4ccccc4)c3n2)c1. The molecule has 3 nitrogen and oxygen atoms in total. The molecule has 3 heteroatoms. The average molecular weight is 376 g/mol. The highest BCUT2D eigenvalue weighted by molar-refractivity contribution is 5.84. The van der Waals surface area contributed by atoms with E-state index < -0.39 is 0 Å². The Labute approximate surface area is 169 Å². The normalized spacial score (nSPS) is 10.9. The second-order valence-corrected chi connectivity index (χ2v) is 6.96. The van der Waals surface area contributed by atoms with E-state index in [1.54, 1.807) is 7.11 Å². The van der Waals surface area contributed by atoms with Crippen LogP contribution >= 0.6 is 0 Å². The second-order valence-electron chi connectivity index (χ2n) is 6.96. The van der Waals surface area contributed by atoms with Crippen LogP contribution in [0, 0.1) is 0 Å². The van der Waals surface area contributed by atoms with Gasteiger partial charge in [-0.25, -0.2) is 4.98 Å². The van der Waals surface area contributed by atoms with Crippen LogP contribution in [-0.4, -0.2) is 16.5 Å². The van der Waals surface area contributed by atoms with Gasteiger partial charge in [0.25, 0.3) is 0 Å². The van der Waals surface area contributed by atoms with Gasteiger partial charge in [0, 0.05) is 23.5 Å². The van der Waals surface area contributed by atoms with Crippen molar-refractivity contribution in [3.05, 3.63) is 103 Å². The molecule has 0 saturated carbocycles. The van der Waals surface area contributed by atoms with Gasteiger partial charge in [0.05, 0.1) is 12.8 Å². The molecule has 0 bridgehead atoms. The van der Waals surface area contributed by atoms with Gasteiger partial charge in [0.15, 0.2) is 0 Å². The lowest BCUT2D eigenvalue weighted by atomic mass is 10.0. The highest BCUT2D eigenvalue weighted by atomic mass is 16.5. The zero-order valence-electron chi connectivity index (χ0n) is 16.1. The number of hydrogen-bond acceptors (Lipinski definition) is 2. The lowest BCUT2D eigenvalue weighted by Crippen LogP contribution is -1.90. The Morgan fingerprint density at radius 1 is 0.655 bits per heavy atom. The van der Waals surface area contributed by atoms with Crippen molar-refractivity contribution in [2.45, 2.75) is 0 Å². The third kappa shape index (κ3) is 3.27. The molecule has 0 aliphatic rings. The fourth-order valence-corrected chi connectivity index (χ4v) is 3.64. The molecule has 0 aliphatic carbocycles. The molecule has 2 heterocycles. The smallest absolute Gasteiger partial charge is 0.145 e. The maximum atomic E-state index is 5.39. The van der Waals surface area contributed by atoms with Gasteiger partial charge >= 0.3 is 0 Å². The van der Waals surface area contributed by atoms with Crippen molar-refractivity contribution in [1.29, 1.82) is 0 Å². The summed E-state index contributed by atoms with van der Waals surface area (Å²) in [6.45, 7) is 0. The number of fused-ring (bicyclic) bond motifs is 1. The van der Waals surface area contributed by atoms with E-state index in [2.05, 4.69) is 77.5 Å². The summed E-state index contributed by atoms with van der Waals surface area (Å²) in [5.41, 5.74) is 7.50. The summed E-state index contributed by atoms with van der Waals surface area (Å²) in [7, 11) is 1.68. The number of aromatic nitrogens is 2. The van der Waals surface area contributed by atoms with Crippen LogP contribution in [0.2, 0.25) is 0 Å². The van der Waals surface area contributed by atoms with Gasteiger partial charge in [-0.15, -0.1) is 0 Å². The predicted octanol–water partition coefficient (Wildman–Crippen LogP) is 6.34. The lowest BCUT2D eigenvalue weighted by molar-refractivity contribution is 0.415. The maximum Gasteiger partial charge on any atom is 0.145 e. The van der Waals surface area contributed by atoms with Crippen LogP contribution in [0.3, 0.4) is 0 Å². The van der Waals surface area contributed by atoms with E-state index in [0.29, 0.717) is 0 Å². The molecule has 3 aromatic carbocycles. The molecule has 0 spiro atoms. The van der Waals surface area contributed by atoms with Gasteiger partial charge in [-0.1, -0.05) is 72.8 Å².